The van der Waals surface area contributed by atoms with Gasteiger partial charge in [-0.2, -0.15) is 18.3 Å². The van der Waals surface area contributed by atoms with E-state index < -0.39 is 29.7 Å². The van der Waals surface area contributed by atoms with E-state index in [1.54, 1.807) is 7.11 Å². The number of carbonyl (C=O) groups is 2. The normalized spacial score (nSPS) is 14.9. The minimum absolute atomic E-state index is 0.0736. The van der Waals surface area contributed by atoms with Gasteiger partial charge in [-0.25, -0.2) is 9.80 Å². The van der Waals surface area contributed by atoms with E-state index in [-0.39, 0.29) is 25.4 Å². The first-order valence-corrected chi connectivity index (χ1v) is 12.9. The van der Waals surface area contributed by atoms with Crippen molar-refractivity contribution in [3.8, 4) is 5.75 Å². The molecule has 4 rings (SSSR count). The van der Waals surface area contributed by atoms with Crippen molar-refractivity contribution in [3.63, 3.8) is 0 Å². The summed E-state index contributed by atoms with van der Waals surface area (Å²) in [4.78, 5) is 28.0. The standard InChI is InChI=1S/C30H31F3N4O4/c1-20-7-9-21(10-8-20)27-18-26(22-5-4-6-25(17-22)41-3)35-37(27)28(38)19-36(15-16-40-2)29(39)34-24-13-11-23(12-14-24)30(31,32)33/h4-14,17,27H,15-16,18-19H2,1-3H3,(H,34,39)/t27-/m0/s1. The quantitative estimate of drug-likeness (QED) is 0.350. The van der Waals surface area contributed by atoms with Gasteiger partial charge in [-0.15, -0.1) is 0 Å². The Morgan fingerprint density at radius 2 is 1.76 bits per heavy atom. The van der Waals surface area contributed by atoms with Gasteiger partial charge < -0.3 is 19.7 Å². The van der Waals surface area contributed by atoms with Crippen molar-refractivity contribution in [3.05, 3.63) is 95.1 Å². The second-order valence-electron chi connectivity index (χ2n) is 9.57. The number of hydrazone groups is 1. The summed E-state index contributed by atoms with van der Waals surface area (Å²) in [7, 11) is 3.04. The predicted octanol–water partition coefficient (Wildman–Crippen LogP) is 5.88. The Labute approximate surface area is 236 Å². The number of hydrogen-bond acceptors (Lipinski definition) is 5. The lowest BCUT2D eigenvalue weighted by Gasteiger charge is -2.27. The van der Waals surface area contributed by atoms with Crippen LogP contribution in [0.15, 0.2) is 77.9 Å². The van der Waals surface area contributed by atoms with E-state index in [2.05, 4.69) is 10.4 Å². The van der Waals surface area contributed by atoms with Crippen molar-refractivity contribution in [1.82, 2.24) is 9.91 Å². The summed E-state index contributed by atoms with van der Waals surface area (Å²) in [6.07, 6.45) is -4.04. The molecule has 1 aliphatic rings. The predicted molar refractivity (Wildman–Crippen MR) is 149 cm³/mol. The molecule has 0 spiro atoms. The number of aryl methyl sites for hydroxylation is 1. The highest BCUT2D eigenvalue weighted by atomic mass is 19.4. The largest absolute Gasteiger partial charge is 0.497 e. The highest BCUT2D eigenvalue weighted by Crippen LogP contribution is 2.34. The first-order valence-electron chi connectivity index (χ1n) is 12.9. The molecular weight excluding hydrogens is 537 g/mol. The molecule has 0 saturated carbocycles. The number of rotatable bonds is 9. The number of amides is 3. The number of hydrogen-bond donors (Lipinski definition) is 1. The van der Waals surface area contributed by atoms with Crippen molar-refractivity contribution >= 4 is 23.3 Å². The van der Waals surface area contributed by atoms with Gasteiger partial charge in [-0.3, -0.25) is 4.79 Å². The van der Waals surface area contributed by atoms with E-state index in [1.807, 2.05) is 55.5 Å². The van der Waals surface area contributed by atoms with Crippen LogP contribution in [0.3, 0.4) is 0 Å². The molecule has 3 aromatic carbocycles. The topological polar surface area (TPSA) is 83.5 Å². The molecule has 3 amide bonds. The van der Waals surface area contributed by atoms with Crippen molar-refractivity contribution in [1.29, 1.82) is 0 Å². The number of methoxy groups -OCH3 is 2. The van der Waals surface area contributed by atoms with Gasteiger partial charge in [-0.1, -0.05) is 42.0 Å². The molecule has 0 aliphatic carbocycles. The van der Waals surface area contributed by atoms with Crippen LogP contribution in [0.1, 0.15) is 34.7 Å². The van der Waals surface area contributed by atoms with Crippen LogP contribution in [0.25, 0.3) is 0 Å². The Bertz CT molecular complexity index is 1390. The third-order valence-electron chi connectivity index (χ3n) is 6.67. The van der Waals surface area contributed by atoms with Crippen LogP contribution in [-0.4, -0.2) is 61.5 Å². The number of urea groups is 1. The minimum Gasteiger partial charge on any atom is -0.497 e. The number of alkyl halides is 3. The average molecular weight is 569 g/mol. The maximum Gasteiger partial charge on any atom is 0.416 e. The lowest BCUT2D eigenvalue weighted by atomic mass is 9.97. The number of anilines is 1. The molecule has 8 nitrogen and oxygen atoms in total. The van der Waals surface area contributed by atoms with Gasteiger partial charge in [0.05, 0.1) is 31.0 Å². The molecule has 0 saturated heterocycles. The van der Waals surface area contributed by atoms with E-state index in [0.29, 0.717) is 17.9 Å². The van der Waals surface area contributed by atoms with Crippen molar-refractivity contribution in [2.75, 3.05) is 39.2 Å². The fraction of sp³-hybridized carbons (Fsp3) is 0.300. The first-order chi connectivity index (χ1) is 19.6. The third kappa shape index (κ3) is 7.43. The van der Waals surface area contributed by atoms with Crippen LogP contribution in [0.2, 0.25) is 0 Å². The summed E-state index contributed by atoms with van der Waals surface area (Å²) in [5.74, 6) is 0.236. The van der Waals surface area contributed by atoms with Crippen molar-refractivity contribution in [2.45, 2.75) is 25.6 Å². The molecule has 0 radical (unpaired) electrons. The molecule has 1 heterocycles. The molecule has 41 heavy (non-hydrogen) atoms. The van der Waals surface area contributed by atoms with E-state index >= 15 is 0 Å². The number of ether oxygens (including phenoxy) is 2. The lowest BCUT2D eigenvalue weighted by molar-refractivity contribution is -0.137. The number of nitrogens with one attached hydrogen (secondary N) is 1. The van der Waals surface area contributed by atoms with Crippen LogP contribution < -0.4 is 10.1 Å². The van der Waals surface area contributed by atoms with Crippen molar-refractivity contribution < 1.29 is 32.2 Å². The zero-order chi connectivity index (χ0) is 29.6. The molecule has 0 bridgehead atoms. The molecular formula is C30H31F3N4O4. The molecule has 0 aromatic heterocycles. The minimum atomic E-state index is -4.49. The molecule has 3 aromatic rings. The highest BCUT2D eigenvalue weighted by Gasteiger charge is 2.35. The molecule has 0 fully saturated rings. The van der Waals surface area contributed by atoms with Crippen molar-refractivity contribution in [2.24, 2.45) is 5.10 Å². The van der Waals surface area contributed by atoms with Gasteiger partial charge in [0.25, 0.3) is 5.91 Å². The highest BCUT2D eigenvalue weighted by molar-refractivity contribution is 6.03. The van der Waals surface area contributed by atoms with Gasteiger partial charge in [0, 0.05) is 31.3 Å². The fourth-order valence-corrected chi connectivity index (χ4v) is 4.40. The summed E-state index contributed by atoms with van der Waals surface area (Å²) < 4.78 is 49.2. The zero-order valence-electron chi connectivity index (χ0n) is 22.9. The van der Waals surface area contributed by atoms with Gasteiger partial charge in [-0.05, 0) is 48.9 Å². The number of benzene rings is 3. The third-order valence-corrected chi connectivity index (χ3v) is 6.67. The summed E-state index contributed by atoms with van der Waals surface area (Å²) in [6.45, 7) is 1.87. The number of halogens is 3. The van der Waals surface area contributed by atoms with E-state index in [0.717, 1.165) is 41.0 Å². The van der Waals surface area contributed by atoms with Gasteiger partial charge in [0.15, 0.2) is 0 Å². The number of nitrogens with zero attached hydrogens (tertiary/aromatic N) is 3. The van der Waals surface area contributed by atoms with Crippen LogP contribution in [-0.2, 0) is 15.7 Å². The molecule has 1 aliphatic heterocycles. The Hall–Kier alpha value is -4.38. The maximum atomic E-state index is 13.7. The summed E-state index contributed by atoms with van der Waals surface area (Å²) in [5.41, 5.74) is 2.80. The smallest absolute Gasteiger partial charge is 0.416 e. The lowest BCUT2D eigenvalue weighted by Crippen LogP contribution is -2.44. The van der Waals surface area contributed by atoms with Crippen LogP contribution >= 0.6 is 0 Å². The zero-order valence-corrected chi connectivity index (χ0v) is 22.9. The number of carbonyl (C=O) groups excluding carboxylic acids is 2. The van der Waals surface area contributed by atoms with E-state index in [1.165, 1.54) is 17.0 Å². The SMILES string of the molecule is COCCN(CC(=O)N1N=C(c2cccc(OC)c2)C[C@H]1c1ccc(C)cc1)C(=O)Nc1ccc(C(F)(F)F)cc1. The second kappa shape index (κ2) is 12.9. The Morgan fingerprint density at radius 3 is 2.39 bits per heavy atom. The Balaban J connectivity index is 1.57. The van der Waals surface area contributed by atoms with Crippen LogP contribution in [0.4, 0.5) is 23.7 Å². The second-order valence-corrected chi connectivity index (χ2v) is 9.57. The Kier molecular flexibility index (Phi) is 9.28. The van der Waals surface area contributed by atoms with E-state index in [9.17, 15) is 22.8 Å². The van der Waals surface area contributed by atoms with Crippen LogP contribution in [0, 0.1) is 6.92 Å². The van der Waals surface area contributed by atoms with Crippen LogP contribution in [0.5, 0.6) is 5.75 Å². The first kappa shape index (κ1) is 29.6. The van der Waals surface area contributed by atoms with Gasteiger partial charge in [0.2, 0.25) is 0 Å². The monoisotopic (exact) mass is 568 g/mol. The molecule has 1 atom stereocenters. The fourth-order valence-electron chi connectivity index (χ4n) is 4.40. The molecule has 11 heteroatoms. The summed E-state index contributed by atoms with van der Waals surface area (Å²) in [5, 5.41) is 8.63. The summed E-state index contributed by atoms with van der Waals surface area (Å²) in [6, 6.07) is 18.3. The Morgan fingerprint density at radius 1 is 1.05 bits per heavy atom. The summed E-state index contributed by atoms with van der Waals surface area (Å²) >= 11 is 0. The van der Waals surface area contributed by atoms with E-state index in [4.69, 9.17) is 9.47 Å². The average Bonchev–Trinajstić information content (AvgIpc) is 3.41. The van der Waals surface area contributed by atoms with Gasteiger partial charge >= 0.3 is 12.2 Å². The molecule has 1 N–H and O–H groups in total. The molecule has 216 valence electrons. The molecule has 0 unspecified atom stereocenters. The van der Waals surface area contributed by atoms with Gasteiger partial charge in [0.1, 0.15) is 12.3 Å². The maximum absolute atomic E-state index is 13.7.